The van der Waals surface area contributed by atoms with Gasteiger partial charge in [-0.15, -0.1) is 0 Å². The molecule has 4 aliphatic heterocycles. The number of amides is 2. The van der Waals surface area contributed by atoms with Crippen molar-refractivity contribution in [3.63, 3.8) is 0 Å². The van der Waals surface area contributed by atoms with Crippen molar-refractivity contribution in [2.45, 2.75) is 50.5 Å². The number of ether oxygens (including phenoxy) is 2. The number of fused-ring (bicyclic) bond motifs is 5. The fourth-order valence-corrected chi connectivity index (χ4v) is 6.08. The quantitative estimate of drug-likeness (QED) is 0.711. The monoisotopic (exact) mass is 463 g/mol. The van der Waals surface area contributed by atoms with Gasteiger partial charge in [0.15, 0.2) is 11.5 Å². The molecule has 4 heterocycles. The van der Waals surface area contributed by atoms with Crippen LogP contribution in [-0.2, 0) is 14.3 Å². The second kappa shape index (κ2) is 7.71. The molecule has 2 aromatic rings. The molecule has 4 aliphatic rings. The molecule has 0 bridgehead atoms. The van der Waals surface area contributed by atoms with Crippen LogP contribution in [0.15, 0.2) is 42.5 Å². The number of nitrogens with one attached hydrogen (secondary N) is 1. The van der Waals surface area contributed by atoms with E-state index in [1.807, 2.05) is 50.2 Å². The molecular formula is C26H29N3O5. The number of phenolic OH excluding ortho intramolecular Hbond substituents is 1. The molecular weight excluding hydrogens is 434 g/mol. The van der Waals surface area contributed by atoms with E-state index in [9.17, 15) is 14.7 Å². The van der Waals surface area contributed by atoms with Crippen LogP contribution in [0.4, 0.5) is 11.4 Å². The second-order valence-corrected chi connectivity index (χ2v) is 10.2. The van der Waals surface area contributed by atoms with E-state index in [2.05, 4.69) is 10.2 Å². The Labute approximate surface area is 198 Å². The first-order chi connectivity index (χ1) is 16.3. The summed E-state index contributed by atoms with van der Waals surface area (Å²) in [6, 6.07) is 12.9. The van der Waals surface area contributed by atoms with Crippen LogP contribution in [0.2, 0.25) is 0 Å². The number of para-hydroxylation sites is 3. The van der Waals surface area contributed by atoms with E-state index in [4.69, 9.17) is 9.47 Å². The zero-order valence-electron chi connectivity index (χ0n) is 19.4. The number of benzene rings is 2. The molecule has 6 rings (SSSR count). The van der Waals surface area contributed by atoms with Crippen molar-refractivity contribution in [3.05, 3.63) is 48.0 Å². The van der Waals surface area contributed by atoms with Crippen LogP contribution in [0.3, 0.4) is 0 Å². The van der Waals surface area contributed by atoms with E-state index in [0.29, 0.717) is 11.4 Å². The first-order valence-electron chi connectivity index (χ1n) is 11.9. The van der Waals surface area contributed by atoms with Gasteiger partial charge in [-0.3, -0.25) is 19.4 Å². The van der Waals surface area contributed by atoms with Gasteiger partial charge in [0, 0.05) is 24.1 Å². The summed E-state index contributed by atoms with van der Waals surface area (Å²) >= 11 is 0. The maximum Gasteiger partial charge on any atom is 0.244 e. The predicted octanol–water partition coefficient (Wildman–Crippen LogP) is 3.07. The Morgan fingerprint density at radius 3 is 2.88 bits per heavy atom. The minimum absolute atomic E-state index is 0.00934. The van der Waals surface area contributed by atoms with Crippen LogP contribution >= 0.6 is 0 Å². The number of carbonyl (C=O) groups excluding carboxylic acids is 2. The number of rotatable bonds is 2. The molecule has 0 unspecified atom stereocenters. The van der Waals surface area contributed by atoms with Gasteiger partial charge in [0.2, 0.25) is 11.8 Å². The van der Waals surface area contributed by atoms with Crippen molar-refractivity contribution in [2.24, 2.45) is 5.92 Å². The summed E-state index contributed by atoms with van der Waals surface area (Å²) in [6.45, 7) is 5.10. The minimum Gasteiger partial charge on any atom is -0.504 e. The van der Waals surface area contributed by atoms with Crippen molar-refractivity contribution in [2.75, 3.05) is 29.9 Å². The van der Waals surface area contributed by atoms with Crippen LogP contribution in [0, 0.1) is 5.92 Å². The molecule has 0 aromatic heterocycles. The van der Waals surface area contributed by atoms with Crippen LogP contribution in [0.25, 0.3) is 0 Å². The molecule has 2 fully saturated rings. The third-order valence-electron chi connectivity index (χ3n) is 7.78. The average Bonchev–Trinajstić information content (AvgIpc) is 3.20. The van der Waals surface area contributed by atoms with E-state index in [-0.39, 0.29) is 54.8 Å². The van der Waals surface area contributed by atoms with Crippen LogP contribution in [-0.4, -0.2) is 59.2 Å². The molecule has 2 saturated heterocycles. The Bertz CT molecular complexity index is 1160. The third-order valence-corrected chi connectivity index (χ3v) is 7.78. The smallest absolute Gasteiger partial charge is 0.244 e. The van der Waals surface area contributed by atoms with Gasteiger partial charge in [-0.1, -0.05) is 24.3 Å². The highest BCUT2D eigenvalue weighted by Gasteiger charge is 2.53. The average molecular weight is 464 g/mol. The van der Waals surface area contributed by atoms with Gasteiger partial charge in [-0.25, -0.2) is 0 Å². The standard InChI is InChI=1S/C26H29N3O5/c1-26(2)16-12-19-21(33-24(16)15-6-5-9-20(30)25(15)34-26)10-11-28(19)14-23(32)29-13-22(31)27-17-7-3-4-8-18(17)29/h3-9,16,19,21,24,30H,10-14H2,1-2H3,(H,27,31)/t16-,19-,21-,24+/m0/s1. The fourth-order valence-electron chi connectivity index (χ4n) is 6.08. The first-order valence-corrected chi connectivity index (χ1v) is 11.9. The number of hydrogen-bond acceptors (Lipinski definition) is 6. The third kappa shape index (κ3) is 3.35. The Morgan fingerprint density at radius 1 is 1.21 bits per heavy atom. The largest absolute Gasteiger partial charge is 0.504 e. The van der Waals surface area contributed by atoms with E-state index >= 15 is 0 Å². The lowest BCUT2D eigenvalue weighted by Gasteiger charge is -2.50. The van der Waals surface area contributed by atoms with Crippen molar-refractivity contribution >= 4 is 23.2 Å². The summed E-state index contributed by atoms with van der Waals surface area (Å²) < 4.78 is 12.9. The second-order valence-electron chi connectivity index (χ2n) is 10.2. The number of nitrogens with zero attached hydrogens (tertiary/aromatic N) is 2. The summed E-state index contributed by atoms with van der Waals surface area (Å²) in [5.74, 6) is 0.469. The summed E-state index contributed by atoms with van der Waals surface area (Å²) in [5, 5.41) is 13.2. The molecule has 34 heavy (non-hydrogen) atoms. The molecule has 2 amide bonds. The Balaban J connectivity index is 1.23. The molecule has 8 heteroatoms. The van der Waals surface area contributed by atoms with Crippen LogP contribution in [0.5, 0.6) is 11.5 Å². The summed E-state index contributed by atoms with van der Waals surface area (Å²) in [4.78, 5) is 29.3. The lowest BCUT2D eigenvalue weighted by atomic mass is 9.74. The maximum atomic E-state index is 13.4. The molecule has 2 N–H and O–H groups in total. The normalized spacial score (nSPS) is 29.2. The highest BCUT2D eigenvalue weighted by molar-refractivity contribution is 6.10. The van der Waals surface area contributed by atoms with E-state index in [1.54, 1.807) is 11.0 Å². The number of anilines is 2. The summed E-state index contributed by atoms with van der Waals surface area (Å²) in [6.07, 6.45) is 1.53. The molecule has 2 aromatic carbocycles. The molecule has 0 radical (unpaired) electrons. The summed E-state index contributed by atoms with van der Waals surface area (Å²) in [5.41, 5.74) is 1.77. The Hall–Kier alpha value is -3.10. The molecule has 0 aliphatic carbocycles. The molecule has 0 saturated carbocycles. The minimum atomic E-state index is -0.524. The Kier molecular flexibility index (Phi) is 4.86. The van der Waals surface area contributed by atoms with Gasteiger partial charge in [-0.2, -0.15) is 0 Å². The van der Waals surface area contributed by atoms with Gasteiger partial charge < -0.3 is 19.9 Å². The first kappa shape index (κ1) is 21.4. The maximum absolute atomic E-state index is 13.4. The van der Waals surface area contributed by atoms with Gasteiger partial charge >= 0.3 is 0 Å². The Morgan fingerprint density at radius 2 is 2.03 bits per heavy atom. The lowest BCUT2D eigenvalue weighted by Crippen LogP contribution is -2.55. The van der Waals surface area contributed by atoms with Gasteiger partial charge in [0.05, 0.1) is 30.1 Å². The zero-order chi connectivity index (χ0) is 23.6. The van der Waals surface area contributed by atoms with E-state index in [0.717, 1.165) is 30.6 Å². The SMILES string of the molecule is CC1(C)Oc2c(O)cccc2[C@H]2O[C@H]3CCN(CC(=O)N4CC(=O)Nc5ccccc54)[C@H]3C[C@@H]21. The topological polar surface area (TPSA) is 91.3 Å². The van der Waals surface area contributed by atoms with Crippen LogP contribution in [0.1, 0.15) is 38.4 Å². The molecule has 0 spiro atoms. The number of likely N-dealkylation sites (tertiary alicyclic amines) is 1. The summed E-state index contributed by atoms with van der Waals surface area (Å²) in [7, 11) is 0. The van der Waals surface area contributed by atoms with Crippen molar-refractivity contribution in [3.8, 4) is 11.5 Å². The van der Waals surface area contributed by atoms with Gasteiger partial charge in [-0.05, 0) is 44.9 Å². The van der Waals surface area contributed by atoms with E-state index < -0.39 is 5.60 Å². The highest BCUT2D eigenvalue weighted by atomic mass is 16.5. The van der Waals surface area contributed by atoms with Crippen molar-refractivity contribution in [1.29, 1.82) is 0 Å². The number of carbonyl (C=O) groups is 2. The molecule has 4 atom stereocenters. The fraction of sp³-hybridized carbons (Fsp3) is 0.462. The lowest BCUT2D eigenvalue weighted by molar-refractivity contribution is -0.163. The van der Waals surface area contributed by atoms with Crippen LogP contribution < -0.4 is 15.0 Å². The number of phenols is 1. The highest BCUT2D eigenvalue weighted by Crippen LogP contribution is 2.54. The van der Waals surface area contributed by atoms with Crippen molar-refractivity contribution < 1.29 is 24.2 Å². The zero-order valence-corrected chi connectivity index (χ0v) is 19.4. The number of aromatic hydroxyl groups is 1. The van der Waals surface area contributed by atoms with Crippen molar-refractivity contribution in [1.82, 2.24) is 4.90 Å². The van der Waals surface area contributed by atoms with Gasteiger partial charge in [0.1, 0.15) is 12.1 Å². The molecule has 178 valence electrons. The number of hydrogen-bond donors (Lipinski definition) is 2. The van der Waals surface area contributed by atoms with Gasteiger partial charge in [0.25, 0.3) is 0 Å². The predicted molar refractivity (Wildman–Crippen MR) is 126 cm³/mol. The molecule has 8 nitrogen and oxygen atoms in total. The van der Waals surface area contributed by atoms with E-state index in [1.165, 1.54) is 0 Å².